The van der Waals surface area contributed by atoms with Crippen LogP contribution in [0.25, 0.3) is 0 Å². The maximum absolute atomic E-state index is 12.3. The molecule has 2 rings (SSSR count). The van der Waals surface area contributed by atoms with Crippen molar-refractivity contribution in [3.63, 3.8) is 0 Å². The van der Waals surface area contributed by atoms with Gasteiger partial charge >= 0.3 is 5.97 Å². The van der Waals surface area contributed by atoms with Crippen molar-refractivity contribution < 1.29 is 19.4 Å². The molecule has 0 radical (unpaired) electrons. The zero-order valence-corrected chi connectivity index (χ0v) is 13.1. The van der Waals surface area contributed by atoms with Gasteiger partial charge in [-0.2, -0.15) is 0 Å². The summed E-state index contributed by atoms with van der Waals surface area (Å²) in [6.45, 7) is 3.48. The average molecular weight is 313 g/mol. The number of ether oxygens (including phenoxy) is 1. The van der Waals surface area contributed by atoms with Gasteiger partial charge < -0.3 is 15.2 Å². The maximum atomic E-state index is 12.3. The van der Waals surface area contributed by atoms with Crippen molar-refractivity contribution in [1.82, 2.24) is 0 Å². The third-order valence-electron chi connectivity index (χ3n) is 3.42. The maximum Gasteiger partial charge on any atom is 0.344 e. The number of carboxylic acid groups (broad SMARTS) is 1. The van der Waals surface area contributed by atoms with Crippen LogP contribution >= 0.6 is 0 Å². The number of hydrogen-bond acceptors (Lipinski definition) is 3. The fourth-order valence-corrected chi connectivity index (χ4v) is 2.08. The summed E-state index contributed by atoms with van der Waals surface area (Å²) in [5.41, 5.74) is 2.34. The van der Waals surface area contributed by atoms with E-state index in [0.717, 1.165) is 17.7 Å². The number of benzene rings is 2. The Kier molecular flexibility index (Phi) is 5.36. The van der Waals surface area contributed by atoms with Crippen LogP contribution in [0.2, 0.25) is 0 Å². The van der Waals surface area contributed by atoms with Gasteiger partial charge in [-0.05, 0) is 49.2 Å². The van der Waals surface area contributed by atoms with Crippen LogP contribution in [0.15, 0.2) is 48.5 Å². The molecule has 2 aromatic rings. The minimum Gasteiger partial charge on any atom is -0.479 e. The summed E-state index contributed by atoms with van der Waals surface area (Å²) < 4.78 is 5.23. The molecule has 0 aliphatic heterocycles. The predicted octanol–water partition coefficient (Wildman–Crippen LogP) is 3.35. The summed E-state index contributed by atoms with van der Waals surface area (Å²) in [4.78, 5) is 23.0. The summed E-state index contributed by atoms with van der Waals surface area (Å²) in [5.74, 6) is -0.850. The number of aryl methyl sites for hydroxylation is 1. The molecule has 0 unspecified atom stereocenters. The quantitative estimate of drug-likeness (QED) is 0.857. The number of aliphatic carboxylic acids is 1. The SMILES string of the molecule is CCc1ccccc1NC(=O)c1ccc(O[C@H](C)C(=O)O)cc1. The lowest BCUT2D eigenvalue weighted by atomic mass is 10.1. The summed E-state index contributed by atoms with van der Waals surface area (Å²) in [6.07, 6.45) is -0.109. The van der Waals surface area contributed by atoms with Gasteiger partial charge in [-0.1, -0.05) is 25.1 Å². The fourth-order valence-electron chi connectivity index (χ4n) is 2.08. The molecular formula is C18H19NO4. The molecule has 5 heteroatoms. The van der Waals surface area contributed by atoms with Crippen LogP contribution in [0, 0.1) is 0 Å². The Labute approximate surface area is 134 Å². The van der Waals surface area contributed by atoms with Gasteiger partial charge in [0.15, 0.2) is 6.10 Å². The van der Waals surface area contributed by atoms with E-state index in [4.69, 9.17) is 9.84 Å². The van der Waals surface area contributed by atoms with Crippen molar-refractivity contribution in [2.45, 2.75) is 26.4 Å². The standard InChI is InChI=1S/C18H19NO4/c1-3-13-6-4-5-7-16(13)19-17(20)14-8-10-15(11-9-14)23-12(2)18(21)22/h4-12H,3H2,1-2H3,(H,19,20)(H,21,22)/t12-/m1/s1. The third kappa shape index (κ3) is 4.32. The molecule has 1 amide bonds. The van der Waals surface area contributed by atoms with E-state index >= 15 is 0 Å². The van der Waals surface area contributed by atoms with Gasteiger partial charge in [-0.25, -0.2) is 4.79 Å². The molecule has 120 valence electrons. The van der Waals surface area contributed by atoms with E-state index < -0.39 is 12.1 Å². The molecule has 0 spiro atoms. The van der Waals surface area contributed by atoms with E-state index in [9.17, 15) is 9.59 Å². The molecule has 1 atom stereocenters. The molecule has 0 heterocycles. The van der Waals surface area contributed by atoms with Crippen LogP contribution in [-0.4, -0.2) is 23.1 Å². The van der Waals surface area contributed by atoms with E-state index in [1.54, 1.807) is 24.3 Å². The summed E-state index contributed by atoms with van der Waals surface area (Å²) in [5, 5.41) is 11.7. The smallest absolute Gasteiger partial charge is 0.344 e. The monoisotopic (exact) mass is 313 g/mol. The number of carbonyl (C=O) groups is 2. The highest BCUT2D eigenvalue weighted by atomic mass is 16.5. The lowest BCUT2D eigenvalue weighted by Crippen LogP contribution is -2.22. The lowest BCUT2D eigenvalue weighted by molar-refractivity contribution is -0.144. The van der Waals surface area contributed by atoms with Crippen molar-refractivity contribution in [2.24, 2.45) is 0 Å². The molecule has 0 bridgehead atoms. The highest BCUT2D eigenvalue weighted by Crippen LogP contribution is 2.18. The van der Waals surface area contributed by atoms with Crippen molar-refractivity contribution in [1.29, 1.82) is 0 Å². The minimum absolute atomic E-state index is 0.219. The molecular weight excluding hydrogens is 294 g/mol. The first-order chi connectivity index (χ1) is 11.0. The normalized spacial score (nSPS) is 11.6. The van der Waals surface area contributed by atoms with Crippen molar-refractivity contribution >= 4 is 17.6 Å². The molecule has 0 aromatic heterocycles. The van der Waals surface area contributed by atoms with Gasteiger partial charge in [0.25, 0.3) is 5.91 Å². The van der Waals surface area contributed by atoms with Gasteiger partial charge in [0.05, 0.1) is 0 Å². The first kappa shape index (κ1) is 16.5. The fraction of sp³-hybridized carbons (Fsp3) is 0.222. The lowest BCUT2D eigenvalue weighted by Gasteiger charge is -2.12. The molecule has 0 fully saturated rings. The Morgan fingerprint density at radius 3 is 2.39 bits per heavy atom. The molecule has 2 aromatic carbocycles. The van der Waals surface area contributed by atoms with E-state index in [0.29, 0.717) is 11.3 Å². The van der Waals surface area contributed by atoms with Crippen LogP contribution in [0.1, 0.15) is 29.8 Å². The van der Waals surface area contributed by atoms with Gasteiger partial charge in [0, 0.05) is 11.3 Å². The average Bonchev–Trinajstić information content (AvgIpc) is 2.55. The zero-order chi connectivity index (χ0) is 16.8. The predicted molar refractivity (Wildman–Crippen MR) is 87.9 cm³/mol. The highest BCUT2D eigenvalue weighted by molar-refractivity contribution is 6.04. The zero-order valence-electron chi connectivity index (χ0n) is 13.1. The number of carboxylic acids is 1. The first-order valence-corrected chi connectivity index (χ1v) is 7.40. The van der Waals surface area contributed by atoms with Crippen LogP contribution in [0.5, 0.6) is 5.75 Å². The number of anilines is 1. The number of para-hydroxylation sites is 1. The molecule has 5 nitrogen and oxygen atoms in total. The van der Waals surface area contributed by atoms with Crippen molar-refractivity contribution in [2.75, 3.05) is 5.32 Å². The second kappa shape index (κ2) is 7.45. The van der Waals surface area contributed by atoms with Crippen molar-refractivity contribution in [3.8, 4) is 5.75 Å². The number of amides is 1. The van der Waals surface area contributed by atoms with Gasteiger partial charge in [0.1, 0.15) is 5.75 Å². The Morgan fingerprint density at radius 2 is 1.78 bits per heavy atom. The second-order valence-electron chi connectivity index (χ2n) is 5.09. The molecule has 0 aliphatic carbocycles. The third-order valence-corrected chi connectivity index (χ3v) is 3.42. The van der Waals surface area contributed by atoms with E-state index in [1.165, 1.54) is 6.92 Å². The summed E-state index contributed by atoms with van der Waals surface area (Å²) in [7, 11) is 0. The van der Waals surface area contributed by atoms with E-state index in [2.05, 4.69) is 5.32 Å². The Bertz CT molecular complexity index is 694. The Balaban J connectivity index is 2.07. The number of carbonyl (C=O) groups excluding carboxylic acids is 1. The van der Waals surface area contributed by atoms with Crippen LogP contribution in [-0.2, 0) is 11.2 Å². The number of nitrogens with one attached hydrogen (secondary N) is 1. The minimum atomic E-state index is -1.04. The molecule has 2 N–H and O–H groups in total. The molecule has 0 saturated carbocycles. The van der Waals surface area contributed by atoms with Gasteiger partial charge in [-0.15, -0.1) is 0 Å². The first-order valence-electron chi connectivity index (χ1n) is 7.40. The summed E-state index contributed by atoms with van der Waals surface area (Å²) in [6, 6.07) is 14.0. The Morgan fingerprint density at radius 1 is 1.13 bits per heavy atom. The largest absolute Gasteiger partial charge is 0.479 e. The number of hydrogen-bond donors (Lipinski definition) is 2. The van der Waals surface area contributed by atoms with Gasteiger partial charge in [0.2, 0.25) is 0 Å². The van der Waals surface area contributed by atoms with Crippen molar-refractivity contribution in [3.05, 3.63) is 59.7 Å². The van der Waals surface area contributed by atoms with E-state index in [-0.39, 0.29) is 5.91 Å². The van der Waals surface area contributed by atoms with Crippen LogP contribution in [0.3, 0.4) is 0 Å². The van der Waals surface area contributed by atoms with Crippen LogP contribution < -0.4 is 10.1 Å². The van der Waals surface area contributed by atoms with Gasteiger partial charge in [-0.3, -0.25) is 4.79 Å². The van der Waals surface area contributed by atoms with Crippen LogP contribution in [0.4, 0.5) is 5.69 Å². The topological polar surface area (TPSA) is 75.6 Å². The molecule has 0 aliphatic rings. The molecule has 0 saturated heterocycles. The second-order valence-corrected chi connectivity index (χ2v) is 5.09. The highest BCUT2D eigenvalue weighted by Gasteiger charge is 2.13. The molecule has 23 heavy (non-hydrogen) atoms. The Hall–Kier alpha value is -2.82. The number of rotatable bonds is 6. The summed E-state index contributed by atoms with van der Waals surface area (Å²) >= 11 is 0. The van der Waals surface area contributed by atoms with E-state index in [1.807, 2.05) is 31.2 Å².